The van der Waals surface area contributed by atoms with Crippen LogP contribution in [-0.4, -0.2) is 7.05 Å². The molecule has 0 amide bonds. The van der Waals surface area contributed by atoms with E-state index in [1.165, 1.54) is 51.2 Å². The summed E-state index contributed by atoms with van der Waals surface area (Å²) in [6.07, 6.45) is 2.39. The maximum Gasteiger partial charge on any atom is 0.0645 e. The molecule has 2 nitrogen and oxygen atoms in total. The van der Waals surface area contributed by atoms with Gasteiger partial charge >= 0.3 is 0 Å². The lowest BCUT2D eigenvalue weighted by atomic mass is 9.63. The van der Waals surface area contributed by atoms with Gasteiger partial charge in [-0.1, -0.05) is 64.1 Å². The first kappa shape index (κ1) is 19.9. The Kier molecular flexibility index (Phi) is 4.34. The predicted molar refractivity (Wildman–Crippen MR) is 136 cm³/mol. The minimum absolute atomic E-state index is 0.156. The molecule has 4 aromatic carbocycles. The Balaban J connectivity index is 1.70. The van der Waals surface area contributed by atoms with Gasteiger partial charge in [-0.05, 0) is 81.3 Å². The number of nitrogens with two attached hydrogens (primary N) is 1. The maximum atomic E-state index is 6.69. The summed E-state index contributed by atoms with van der Waals surface area (Å²) in [6, 6.07) is 24.3. The molecule has 0 spiro atoms. The fraction of sp³-hybridized carbons (Fsp3) is 0.310. The van der Waals surface area contributed by atoms with Gasteiger partial charge in [0.2, 0.25) is 0 Å². The van der Waals surface area contributed by atoms with Gasteiger partial charge in [-0.25, -0.2) is 0 Å². The summed E-state index contributed by atoms with van der Waals surface area (Å²) < 4.78 is 0. The fourth-order valence-corrected chi connectivity index (χ4v) is 5.28. The average molecular weight is 409 g/mol. The minimum Gasteiger partial charge on any atom is -0.397 e. The molecule has 31 heavy (non-hydrogen) atoms. The Morgan fingerprint density at radius 3 is 1.94 bits per heavy atom. The molecule has 0 aromatic heterocycles. The SMILES string of the molecule is CN(c1cc2c(cc1N)C(C)(C)CCC2(C)C)c1cccc2cc3ccccc3cc12. The predicted octanol–water partition coefficient (Wildman–Crippen LogP) is 7.69. The lowest BCUT2D eigenvalue weighted by Crippen LogP contribution is -2.34. The highest BCUT2D eigenvalue weighted by molar-refractivity contribution is 6.05. The van der Waals surface area contributed by atoms with Crippen LogP contribution in [0.2, 0.25) is 0 Å². The second-order valence-corrected chi connectivity index (χ2v) is 10.5. The number of anilines is 3. The van der Waals surface area contributed by atoms with Gasteiger partial charge in [-0.2, -0.15) is 0 Å². The van der Waals surface area contributed by atoms with E-state index in [1.807, 2.05) is 0 Å². The van der Waals surface area contributed by atoms with Crippen molar-refractivity contribution in [3.05, 3.63) is 77.9 Å². The standard InChI is InChI=1S/C29H32N2/c1-28(2)13-14-29(3,4)24-18-27(25(30)17-23(24)28)31(5)26-12-8-11-21-15-19-9-6-7-10-20(19)16-22(21)26/h6-12,15-18H,13-14,30H2,1-5H3. The van der Waals surface area contributed by atoms with Gasteiger partial charge in [0.15, 0.2) is 0 Å². The van der Waals surface area contributed by atoms with Crippen molar-refractivity contribution in [2.75, 3.05) is 17.7 Å². The molecule has 0 saturated heterocycles. The topological polar surface area (TPSA) is 29.3 Å². The van der Waals surface area contributed by atoms with Crippen molar-refractivity contribution in [2.24, 2.45) is 0 Å². The largest absolute Gasteiger partial charge is 0.397 e. The van der Waals surface area contributed by atoms with E-state index >= 15 is 0 Å². The van der Waals surface area contributed by atoms with E-state index in [0.29, 0.717) is 0 Å². The van der Waals surface area contributed by atoms with Crippen molar-refractivity contribution < 1.29 is 0 Å². The van der Waals surface area contributed by atoms with Crippen LogP contribution >= 0.6 is 0 Å². The Labute approximate surface area is 185 Å². The minimum atomic E-state index is 0.156. The molecule has 0 atom stereocenters. The number of fused-ring (bicyclic) bond motifs is 3. The van der Waals surface area contributed by atoms with Crippen molar-refractivity contribution >= 4 is 38.6 Å². The van der Waals surface area contributed by atoms with Gasteiger partial charge in [0.1, 0.15) is 0 Å². The quantitative estimate of drug-likeness (QED) is 0.272. The van der Waals surface area contributed by atoms with Crippen LogP contribution in [0.4, 0.5) is 17.1 Å². The highest BCUT2D eigenvalue weighted by atomic mass is 15.1. The van der Waals surface area contributed by atoms with Crippen LogP contribution in [0.15, 0.2) is 66.7 Å². The summed E-state index contributed by atoms with van der Waals surface area (Å²) in [6.45, 7) is 9.43. The molecule has 1 aliphatic rings. The van der Waals surface area contributed by atoms with Crippen molar-refractivity contribution in [3.8, 4) is 0 Å². The molecular weight excluding hydrogens is 376 g/mol. The molecule has 2 N–H and O–H groups in total. The lowest BCUT2D eigenvalue weighted by molar-refractivity contribution is 0.332. The van der Waals surface area contributed by atoms with Crippen LogP contribution in [0, 0.1) is 0 Å². The van der Waals surface area contributed by atoms with E-state index in [2.05, 4.69) is 106 Å². The highest BCUT2D eigenvalue weighted by Crippen LogP contribution is 2.49. The number of hydrogen-bond acceptors (Lipinski definition) is 2. The first-order chi connectivity index (χ1) is 14.7. The molecule has 1 aliphatic carbocycles. The van der Waals surface area contributed by atoms with E-state index in [0.717, 1.165) is 11.4 Å². The molecule has 0 heterocycles. The molecule has 2 heteroatoms. The van der Waals surface area contributed by atoms with Crippen molar-refractivity contribution in [1.82, 2.24) is 0 Å². The zero-order chi connectivity index (χ0) is 22.0. The van der Waals surface area contributed by atoms with Gasteiger partial charge in [0.05, 0.1) is 11.4 Å². The van der Waals surface area contributed by atoms with Gasteiger partial charge in [-0.3, -0.25) is 0 Å². The Morgan fingerprint density at radius 1 is 0.677 bits per heavy atom. The van der Waals surface area contributed by atoms with E-state index < -0.39 is 0 Å². The fourth-order valence-electron chi connectivity index (χ4n) is 5.28. The highest BCUT2D eigenvalue weighted by Gasteiger charge is 2.37. The number of nitrogens with zero attached hydrogens (tertiary/aromatic N) is 1. The molecule has 0 fully saturated rings. The molecule has 0 radical (unpaired) electrons. The van der Waals surface area contributed by atoms with Crippen LogP contribution in [0.3, 0.4) is 0 Å². The molecule has 0 bridgehead atoms. The Bertz CT molecular complexity index is 1310. The molecule has 4 aromatic rings. The average Bonchev–Trinajstić information content (AvgIpc) is 2.74. The molecule has 158 valence electrons. The van der Waals surface area contributed by atoms with Crippen LogP contribution in [-0.2, 0) is 10.8 Å². The van der Waals surface area contributed by atoms with Crippen LogP contribution < -0.4 is 10.6 Å². The molecular formula is C29H32N2. The summed E-state index contributed by atoms with van der Waals surface area (Å²) in [5.74, 6) is 0. The van der Waals surface area contributed by atoms with Crippen LogP contribution in [0.25, 0.3) is 21.5 Å². The van der Waals surface area contributed by atoms with Gasteiger partial charge in [-0.15, -0.1) is 0 Å². The maximum absolute atomic E-state index is 6.69. The van der Waals surface area contributed by atoms with Crippen LogP contribution in [0.5, 0.6) is 0 Å². The van der Waals surface area contributed by atoms with Crippen molar-refractivity contribution in [1.29, 1.82) is 0 Å². The van der Waals surface area contributed by atoms with E-state index in [1.54, 1.807) is 0 Å². The van der Waals surface area contributed by atoms with E-state index in [4.69, 9.17) is 5.73 Å². The second-order valence-electron chi connectivity index (χ2n) is 10.5. The summed E-state index contributed by atoms with van der Waals surface area (Å²) in [5, 5.41) is 5.03. The first-order valence-corrected chi connectivity index (χ1v) is 11.3. The number of rotatable bonds is 2. The van der Waals surface area contributed by atoms with Gasteiger partial charge < -0.3 is 10.6 Å². The molecule has 5 rings (SSSR count). The third-order valence-corrected chi connectivity index (χ3v) is 7.45. The zero-order valence-electron chi connectivity index (χ0n) is 19.3. The van der Waals surface area contributed by atoms with Crippen molar-refractivity contribution in [3.63, 3.8) is 0 Å². The summed E-state index contributed by atoms with van der Waals surface area (Å²) in [7, 11) is 2.14. The van der Waals surface area contributed by atoms with E-state index in [9.17, 15) is 0 Å². The van der Waals surface area contributed by atoms with E-state index in [-0.39, 0.29) is 10.8 Å². The molecule has 0 unspecified atom stereocenters. The molecule has 0 aliphatic heterocycles. The van der Waals surface area contributed by atoms with Crippen LogP contribution in [0.1, 0.15) is 51.7 Å². The lowest BCUT2D eigenvalue weighted by Gasteiger charge is -2.42. The normalized spacial score (nSPS) is 16.9. The third kappa shape index (κ3) is 3.17. The van der Waals surface area contributed by atoms with Crippen molar-refractivity contribution in [2.45, 2.75) is 51.4 Å². The monoisotopic (exact) mass is 408 g/mol. The number of nitrogen functional groups attached to an aromatic ring is 1. The summed E-state index contributed by atoms with van der Waals surface area (Å²) in [4.78, 5) is 2.27. The molecule has 0 saturated carbocycles. The third-order valence-electron chi connectivity index (χ3n) is 7.45. The Morgan fingerprint density at radius 2 is 1.26 bits per heavy atom. The number of benzene rings is 4. The summed E-state index contributed by atoms with van der Waals surface area (Å²) >= 11 is 0. The first-order valence-electron chi connectivity index (χ1n) is 11.3. The smallest absolute Gasteiger partial charge is 0.0645 e. The van der Waals surface area contributed by atoms with Gasteiger partial charge in [0, 0.05) is 18.1 Å². The van der Waals surface area contributed by atoms with Gasteiger partial charge in [0.25, 0.3) is 0 Å². The summed E-state index contributed by atoms with van der Waals surface area (Å²) in [5.41, 5.74) is 13.0. The second kappa shape index (κ2) is 6.75. The Hall–Kier alpha value is -3.00. The number of hydrogen-bond donors (Lipinski definition) is 1. The zero-order valence-corrected chi connectivity index (χ0v) is 19.3.